The molecule has 0 aromatic heterocycles. The molecule has 0 amide bonds. The predicted molar refractivity (Wildman–Crippen MR) is 83.2 cm³/mol. The highest BCUT2D eigenvalue weighted by Crippen LogP contribution is 2.06. The second-order valence-corrected chi connectivity index (χ2v) is 5.62. The summed E-state index contributed by atoms with van der Waals surface area (Å²) in [5, 5.41) is 8.45. The van der Waals surface area contributed by atoms with E-state index in [0.29, 0.717) is 6.61 Å². The van der Waals surface area contributed by atoms with Crippen LogP contribution in [-0.4, -0.2) is 48.8 Å². The molecule has 1 aliphatic heterocycles. The molecule has 4 nitrogen and oxygen atoms in total. The summed E-state index contributed by atoms with van der Waals surface area (Å²) in [7, 11) is 1.97. The first kappa shape index (κ1) is 19.4. The average Bonchev–Trinajstić information content (AvgIpc) is 2.39. The van der Waals surface area contributed by atoms with Gasteiger partial charge >= 0.3 is 5.97 Å². The van der Waals surface area contributed by atoms with E-state index >= 15 is 0 Å². The Balaban J connectivity index is 0.000000370. The van der Waals surface area contributed by atoms with E-state index in [1.807, 2.05) is 7.05 Å². The minimum atomic E-state index is -0.787. The zero-order chi connectivity index (χ0) is 15.2. The number of hydrogen-bond acceptors (Lipinski definition) is 3. The smallest absolute Gasteiger partial charge is 0.306 e. The maximum Gasteiger partial charge on any atom is 0.306 e. The number of unbranched alkanes of at least 4 members (excludes halogenated alkanes) is 6. The SMILES string of the molecule is CCCCCCCCC.CN1CCOC(CC(=O)O)C1. The molecule has 0 radical (unpaired) electrons. The van der Waals surface area contributed by atoms with E-state index < -0.39 is 5.97 Å². The molecule has 0 aliphatic carbocycles. The molecule has 20 heavy (non-hydrogen) atoms. The summed E-state index contributed by atoms with van der Waals surface area (Å²) in [5.74, 6) is -0.787. The van der Waals surface area contributed by atoms with Gasteiger partial charge in [0.2, 0.25) is 0 Å². The van der Waals surface area contributed by atoms with Gasteiger partial charge in [0.05, 0.1) is 19.1 Å². The average molecular weight is 287 g/mol. The number of likely N-dealkylation sites (N-methyl/N-ethyl adjacent to an activating group) is 1. The Morgan fingerprint density at radius 1 is 1.15 bits per heavy atom. The van der Waals surface area contributed by atoms with Crippen LogP contribution >= 0.6 is 0 Å². The summed E-state index contributed by atoms with van der Waals surface area (Å²) < 4.78 is 5.24. The largest absolute Gasteiger partial charge is 0.481 e. The van der Waals surface area contributed by atoms with Gasteiger partial charge in [0.15, 0.2) is 0 Å². The van der Waals surface area contributed by atoms with Gasteiger partial charge in [0.25, 0.3) is 0 Å². The fraction of sp³-hybridized carbons (Fsp3) is 0.938. The first-order chi connectivity index (χ1) is 9.60. The maximum atomic E-state index is 10.3. The molecule has 0 spiro atoms. The van der Waals surface area contributed by atoms with E-state index in [1.165, 1.54) is 44.9 Å². The van der Waals surface area contributed by atoms with E-state index in [1.54, 1.807) is 0 Å². The zero-order valence-corrected chi connectivity index (χ0v) is 13.6. The van der Waals surface area contributed by atoms with Gasteiger partial charge in [-0.05, 0) is 7.05 Å². The molecule has 0 aromatic rings. The number of rotatable bonds is 8. The van der Waals surface area contributed by atoms with Crippen molar-refractivity contribution in [3.8, 4) is 0 Å². The minimum absolute atomic E-state index is 0.115. The number of carboxylic acid groups (broad SMARTS) is 1. The van der Waals surface area contributed by atoms with Crippen LogP contribution in [0.25, 0.3) is 0 Å². The first-order valence-electron chi connectivity index (χ1n) is 8.12. The van der Waals surface area contributed by atoms with Gasteiger partial charge in [0.1, 0.15) is 0 Å². The lowest BCUT2D eigenvalue weighted by Gasteiger charge is -2.28. The Morgan fingerprint density at radius 2 is 1.70 bits per heavy atom. The molecule has 1 atom stereocenters. The third kappa shape index (κ3) is 12.4. The van der Waals surface area contributed by atoms with Crippen LogP contribution in [0, 0.1) is 0 Å². The molecule has 4 heteroatoms. The Morgan fingerprint density at radius 3 is 2.15 bits per heavy atom. The van der Waals surface area contributed by atoms with Crippen molar-refractivity contribution < 1.29 is 14.6 Å². The molecule has 0 saturated carbocycles. The van der Waals surface area contributed by atoms with Gasteiger partial charge in [0, 0.05) is 13.1 Å². The highest BCUT2D eigenvalue weighted by molar-refractivity contribution is 5.67. The van der Waals surface area contributed by atoms with Gasteiger partial charge in [-0.15, -0.1) is 0 Å². The molecule has 1 rings (SSSR count). The number of nitrogens with zero attached hydrogens (tertiary/aromatic N) is 1. The summed E-state index contributed by atoms with van der Waals surface area (Å²) in [6, 6.07) is 0. The lowest BCUT2D eigenvalue weighted by Crippen LogP contribution is -2.40. The van der Waals surface area contributed by atoms with Crippen molar-refractivity contribution in [2.75, 3.05) is 26.7 Å². The van der Waals surface area contributed by atoms with Gasteiger partial charge in [-0.25, -0.2) is 0 Å². The third-order valence-electron chi connectivity index (χ3n) is 3.45. The monoisotopic (exact) mass is 287 g/mol. The van der Waals surface area contributed by atoms with Crippen LogP contribution in [-0.2, 0) is 9.53 Å². The summed E-state index contributed by atoms with van der Waals surface area (Å²) in [6.07, 6.45) is 9.97. The summed E-state index contributed by atoms with van der Waals surface area (Å²) >= 11 is 0. The first-order valence-corrected chi connectivity index (χ1v) is 8.12. The second-order valence-electron chi connectivity index (χ2n) is 5.62. The van der Waals surface area contributed by atoms with Crippen LogP contribution in [0.15, 0.2) is 0 Å². The van der Waals surface area contributed by atoms with E-state index in [0.717, 1.165) is 13.1 Å². The van der Waals surface area contributed by atoms with Crippen LogP contribution in [0.5, 0.6) is 0 Å². The lowest BCUT2D eigenvalue weighted by atomic mass is 10.1. The molecular formula is C16H33NO3. The van der Waals surface area contributed by atoms with Gasteiger partial charge in [-0.2, -0.15) is 0 Å². The Hall–Kier alpha value is -0.610. The van der Waals surface area contributed by atoms with Crippen LogP contribution in [0.2, 0.25) is 0 Å². The van der Waals surface area contributed by atoms with Crippen LogP contribution in [0.1, 0.15) is 65.2 Å². The quantitative estimate of drug-likeness (QED) is 0.694. The zero-order valence-electron chi connectivity index (χ0n) is 13.6. The molecule has 1 heterocycles. The Labute approximate surface area is 124 Å². The number of ether oxygens (including phenoxy) is 1. The van der Waals surface area contributed by atoms with E-state index in [2.05, 4.69) is 18.7 Å². The number of carboxylic acids is 1. The minimum Gasteiger partial charge on any atom is -0.481 e. The van der Waals surface area contributed by atoms with Crippen LogP contribution in [0.3, 0.4) is 0 Å². The normalized spacial score (nSPS) is 19.2. The molecule has 1 fully saturated rings. The summed E-state index contributed by atoms with van der Waals surface area (Å²) in [4.78, 5) is 12.4. The fourth-order valence-electron chi connectivity index (χ4n) is 2.22. The number of hydrogen-bond donors (Lipinski definition) is 1. The van der Waals surface area contributed by atoms with Crippen molar-refractivity contribution in [1.29, 1.82) is 0 Å². The molecule has 1 aliphatic rings. The summed E-state index contributed by atoms with van der Waals surface area (Å²) in [6.45, 7) is 6.80. The van der Waals surface area contributed by atoms with Crippen molar-refractivity contribution in [2.45, 2.75) is 71.3 Å². The summed E-state index contributed by atoms with van der Waals surface area (Å²) in [5.41, 5.74) is 0. The van der Waals surface area contributed by atoms with Crippen molar-refractivity contribution >= 4 is 5.97 Å². The number of morpholine rings is 1. The molecule has 0 aromatic carbocycles. The third-order valence-corrected chi connectivity index (χ3v) is 3.45. The van der Waals surface area contributed by atoms with Crippen molar-refractivity contribution in [3.05, 3.63) is 0 Å². The van der Waals surface area contributed by atoms with E-state index in [9.17, 15) is 4.79 Å². The molecule has 1 N–H and O–H groups in total. The van der Waals surface area contributed by atoms with Crippen molar-refractivity contribution in [3.63, 3.8) is 0 Å². The maximum absolute atomic E-state index is 10.3. The molecular weight excluding hydrogens is 254 g/mol. The second kappa shape index (κ2) is 13.4. The lowest BCUT2D eigenvalue weighted by molar-refractivity contribution is -0.141. The topological polar surface area (TPSA) is 49.8 Å². The predicted octanol–water partition coefficient (Wildman–Crippen LogP) is 3.55. The molecule has 120 valence electrons. The van der Waals surface area contributed by atoms with Gasteiger partial charge in [-0.1, -0.05) is 58.8 Å². The fourth-order valence-corrected chi connectivity index (χ4v) is 2.22. The van der Waals surface area contributed by atoms with Crippen molar-refractivity contribution in [1.82, 2.24) is 4.90 Å². The highest BCUT2D eigenvalue weighted by atomic mass is 16.5. The Kier molecular flexibility index (Phi) is 13.0. The highest BCUT2D eigenvalue weighted by Gasteiger charge is 2.19. The molecule has 1 saturated heterocycles. The van der Waals surface area contributed by atoms with E-state index in [-0.39, 0.29) is 12.5 Å². The molecule has 0 bridgehead atoms. The number of carbonyl (C=O) groups is 1. The number of aliphatic carboxylic acids is 1. The van der Waals surface area contributed by atoms with Crippen LogP contribution in [0.4, 0.5) is 0 Å². The van der Waals surface area contributed by atoms with Gasteiger partial charge < -0.3 is 14.7 Å². The van der Waals surface area contributed by atoms with Gasteiger partial charge in [-0.3, -0.25) is 4.79 Å². The van der Waals surface area contributed by atoms with Crippen molar-refractivity contribution in [2.24, 2.45) is 0 Å². The van der Waals surface area contributed by atoms with E-state index in [4.69, 9.17) is 9.84 Å². The van der Waals surface area contributed by atoms with Crippen LogP contribution < -0.4 is 0 Å². The Bertz CT molecular complexity index is 228. The standard InChI is InChI=1S/C9H20.C7H13NO3/c1-3-5-7-9-8-6-4-2;1-8-2-3-11-6(5-8)4-7(9)10/h3-9H2,1-2H3;6H,2-5H2,1H3,(H,9,10). The molecule has 1 unspecified atom stereocenters.